The normalized spacial score (nSPS) is 13.1. The van der Waals surface area contributed by atoms with Gasteiger partial charge in [0.05, 0.1) is 31.9 Å². The first-order valence-corrected chi connectivity index (χ1v) is 14.9. The highest BCUT2D eigenvalue weighted by atomic mass is 19.1. The van der Waals surface area contributed by atoms with Gasteiger partial charge in [-0.05, 0) is 25.1 Å². The second-order valence-corrected chi connectivity index (χ2v) is 10.5. The number of fused-ring (bicyclic) bond motifs is 1. The van der Waals surface area contributed by atoms with E-state index in [0.29, 0.717) is 71.9 Å². The highest BCUT2D eigenvalue weighted by molar-refractivity contribution is 5.93. The molecule has 5 heterocycles. The summed E-state index contributed by atoms with van der Waals surface area (Å²) in [6.07, 6.45) is 6.13. The van der Waals surface area contributed by atoms with E-state index in [9.17, 15) is 0 Å². The second-order valence-electron chi connectivity index (χ2n) is 10.5. The zero-order chi connectivity index (χ0) is 32.2. The van der Waals surface area contributed by atoms with E-state index in [4.69, 9.17) is 24.5 Å². The summed E-state index contributed by atoms with van der Waals surface area (Å²) in [5.41, 5.74) is 1.59. The van der Waals surface area contributed by atoms with E-state index in [2.05, 4.69) is 35.5 Å². The third-order valence-electron chi connectivity index (χ3n) is 7.47. The minimum atomic E-state index is -0.728. The SMILES string of the molecule is CCOc1cc(F)c(Cn2nc(-c3nc(Nc4ccncn4)c(N4CCOCC4)c(Nc4ccncn4)n3)c3ccccc32)c(F)c1. The highest BCUT2D eigenvalue weighted by Crippen LogP contribution is 2.38. The van der Waals surface area contributed by atoms with Crippen LogP contribution in [0.4, 0.5) is 37.7 Å². The average Bonchev–Trinajstić information content (AvgIpc) is 3.46. The number of halogens is 2. The van der Waals surface area contributed by atoms with Crippen molar-refractivity contribution in [1.29, 1.82) is 0 Å². The number of nitrogens with zero attached hydrogens (tertiary/aromatic N) is 9. The van der Waals surface area contributed by atoms with E-state index >= 15 is 8.78 Å². The number of para-hydroxylation sites is 1. The molecule has 13 nitrogen and oxygen atoms in total. The Kier molecular flexibility index (Phi) is 8.43. The van der Waals surface area contributed by atoms with Crippen molar-refractivity contribution in [3.63, 3.8) is 0 Å². The van der Waals surface area contributed by atoms with Gasteiger partial charge in [0.25, 0.3) is 0 Å². The van der Waals surface area contributed by atoms with Gasteiger partial charge in [0.15, 0.2) is 17.5 Å². The maximum Gasteiger partial charge on any atom is 0.184 e. The third kappa shape index (κ3) is 6.33. The summed E-state index contributed by atoms with van der Waals surface area (Å²) in [5, 5.41) is 12.2. The molecule has 47 heavy (non-hydrogen) atoms. The molecule has 1 aliphatic rings. The maximum atomic E-state index is 15.2. The van der Waals surface area contributed by atoms with Crippen LogP contribution in [0.15, 0.2) is 73.6 Å². The van der Waals surface area contributed by atoms with Gasteiger partial charge in [0.1, 0.15) is 53.1 Å². The minimum Gasteiger partial charge on any atom is -0.494 e. The Labute approximate surface area is 267 Å². The van der Waals surface area contributed by atoms with Gasteiger partial charge in [-0.2, -0.15) is 5.10 Å². The lowest BCUT2D eigenvalue weighted by molar-refractivity contribution is 0.123. The fraction of sp³-hybridized carbons (Fsp3) is 0.219. The Hall–Kier alpha value is -5.83. The van der Waals surface area contributed by atoms with E-state index in [1.165, 1.54) is 24.8 Å². The molecule has 1 aliphatic heterocycles. The number of morpholine rings is 1. The van der Waals surface area contributed by atoms with Gasteiger partial charge in [-0.1, -0.05) is 18.2 Å². The van der Waals surface area contributed by atoms with Crippen molar-refractivity contribution < 1.29 is 18.3 Å². The molecule has 1 saturated heterocycles. The van der Waals surface area contributed by atoms with Crippen molar-refractivity contribution in [3.05, 3.63) is 90.8 Å². The van der Waals surface area contributed by atoms with Gasteiger partial charge in [-0.3, -0.25) is 4.68 Å². The van der Waals surface area contributed by atoms with Gasteiger partial charge < -0.3 is 25.0 Å². The van der Waals surface area contributed by atoms with Crippen LogP contribution in [0.5, 0.6) is 5.75 Å². The van der Waals surface area contributed by atoms with Gasteiger partial charge in [-0.25, -0.2) is 38.7 Å². The fourth-order valence-electron chi connectivity index (χ4n) is 5.34. The molecule has 0 spiro atoms. The molecule has 0 bridgehead atoms. The number of aromatic nitrogens is 8. The van der Waals surface area contributed by atoms with Crippen molar-refractivity contribution >= 4 is 39.9 Å². The number of nitrogens with one attached hydrogen (secondary N) is 2. The number of ether oxygens (including phenoxy) is 2. The summed E-state index contributed by atoms with van der Waals surface area (Å²) in [5.74, 6) is 0.870. The maximum absolute atomic E-state index is 15.2. The fourth-order valence-corrected chi connectivity index (χ4v) is 5.34. The van der Waals surface area contributed by atoms with Crippen LogP contribution in [0.1, 0.15) is 12.5 Å². The van der Waals surface area contributed by atoms with Crippen molar-refractivity contribution in [1.82, 2.24) is 39.7 Å². The Morgan fingerprint density at radius 3 is 2.11 bits per heavy atom. The van der Waals surface area contributed by atoms with Crippen molar-refractivity contribution in [2.45, 2.75) is 13.5 Å². The molecule has 0 radical (unpaired) electrons. The van der Waals surface area contributed by atoms with Crippen LogP contribution in [0.2, 0.25) is 0 Å². The lowest BCUT2D eigenvalue weighted by Crippen LogP contribution is -2.37. The molecule has 0 atom stereocenters. The van der Waals surface area contributed by atoms with E-state index in [1.807, 2.05) is 24.3 Å². The van der Waals surface area contributed by atoms with Gasteiger partial charge in [0, 0.05) is 48.6 Å². The minimum absolute atomic E-state index is 0.124. The van der Waals surface area contributed by atoms with Gasteiger partial charge in [-0.15, -0.1) is 0 Å². The van der Waals surface area contributed by atoms with Gasteiger partial charge in [0.2, 0.25) is 0 Å². The Balaban J connectivity index is 1.38. The van der Waals surface area contributed by atoms with Crippen LogP contribution >= 0.6 is 0 Å². The van der Waals surface area contributed by atoms with Crippen LogP contribution in [0.25, 0.3) is 22.4 Å². The summed E-state index contributed by atoms with van der Waals surface area (Å²) in [7, 11) is 0. The predicted molar refractivity (Wildman–Crippen MR) is 171 cm³/mol. The van der Waals surface area contributed by atoms with Gasteiger partial charge >= 0.3 is 0 Å². The molecule has 0 amide bonds. The molecule has 0 saturated carbocycles. The summed E-state index contributed by atoms with van der Waals surface area (Å²) in [6, 6.07) is 13.2. The number of hydrogen-bond donors (Lipinski definition) is 2. The molecule has 2 N–H and O–H groups in total. The molecule has 7 rings (SSSR count). The number of benzene rings is 2. The highest BCUT2D eigenvalue weighted by Gasteiger charge is 2.26. The van der Waals surface area contributed by atoms with E-state index in [1.54, 1.807) is 36.1 Å². The van der Waals surface area contributed by atoms with E-state index in [0.717, 1.165) is 0 Å². The first kappa shape index (κ1) is 29.9. The molecule has 238 valence electrons. The second kappa shape index (κ2) is 13.3. The quantitative estimate of drug-likeness (QED) is 0.206. The third-order valence-corrected chi connectivity index (χ3v) is 7.47. The van der Waals surface area contributed by atoms with Crippen LogP contribution in [0, 0.1) is 11.6 Å². The molecule has 15 heteroatoms. The summed E-state index contributed by atoms with van der Waals surface area (Å²) >= 11 is 0. The first-order chi connectivity index (χ1) is 23.1. The van der Waals surface area contributed by atoms with E-state index in [-0.39, 0.29) is 30.3 Å². The van der Waals surface area contributed by atoms with Crippen molar-refractivity contribution in [3.8, 4) is 17.3 Å². The molecular formula is C32H29F2N11O2. The Bertz CT molecular complexity index is 1920. The number of rotatable bonds is 10. The zero-order valence-electron chi connectivity index (χ0n) is 25.3. The predicted octanol–water partition coefficient (Wildman–Crippen LogP) is 5.12. The lowest BCUT2D eigenvalue weighted by Gasteiger charge is -2.31. The monoisotopic (exact) mass is 637 g/mol. The number of hydrogen-bond acceptors (Lipinski definition) is 12. The first-order valence-electron chi connectivity index (χ1n) is 14.9. The molecular weight excluding hydrogens is 608 g/mol. The summed E-state index contributed by atoms with van der Waals surface area (Å²) in [6.45, 7) is 4.10. The van der Waals surface area contributed by atoms with Crippen LogP contribution in [-0.2, 0) is 11.3 Å². The molecule has 2 aromatic carbocycles. The Morgan fingerprint density at radius 2 is 1.51 bits per heavy atom. The topological polar surface area (TPSA) is 141 Å². The zero-order valence-corrected chi connectivity index (χ0v) is 25.3. The summed E-state index contributed by atoms with van der Waals surface area (Å²) in [4.78, 5) is 28.8. The Morgan fingerprint density at radius 1 is 0.872 bits per heavy atom. The van der Waals surface area contributed by atoms with Crippen LogP contribution in [-0.4, -0.2) is 72.6 Å². The molecule has 0 aliphatic carbocycles. The molecule has 6 aromatic rings. The van der Waals surface area contributed by atoms with Crippen LogP contribution in [0.3, 0.4) is 0 Å². The van der Waals surface area contributed by atoms with E-state index < -0.39 is 11.6 Å². The average molecular weight is 638 g/mol. The molecule has 0 unspecified atom stereocenters. The van der Waals surface area contributed by atoms with Crippen molar-refractivity contribution in [2.75, 3.05) is 48.4 Å². The largest absolute Gasteiger partial charge is 0.494 e. The smallest absolute Gasteiger partial charge is 0.184 e. The lowest BCUT2D eigenvalue weighted by atomic mass is 10.1. The molecule has 4 aromatic heterocycles. The molecule has 1 fully saturated rings. The standard InChI is InChI=1S/C32H29F2N11O2/c1-2-47-20-15-23(33)22(24(34)16-20)17-45-25-6-4-3-5-21(25)28(43-45)30-41-31(39-26-7-9-35-18-37-26)29(44-11-13-46-14-12-44)32(42-30)40-27-8-10-36-19-38-27/h3-10,15-16,18-19H,2,11-14,17H2,1H3,(H2,35,36,37,38,39,40,41,42). The summed E-state index contributed by atoms with van der Waals surface area (Å²) < 4.78 is 42.8. The van der Waals surface area contributed by atoms with Crippen LogP contribution < -0.4 is 20.3 Å². The van der Waals surface area contributed by atoms with Crippen molar-refractivity contribution in [2.24, 2.45) is 0 Å². The number of anilines is 5.